The first-order chi connectivity index (χ1) is 21.0. The number of phenols is 1. The topological polar surface area (TPSA) is 91.4 Å². The van der Waals surface area contributed by atoms with Crippen LogP contribution in [0.3, 0.4) is 0 Å². The molecular formula is C35H30N4O4. The first-order valence-corrected chi connectivity index (χ1v) is 13.8. The quantitative estimate of drug-likeness (QED) is 0.221. The smallest absolute Gasteiger partial charge is 0.267 e. The SMILES string of the molecule is COc1ccc(Cn2nc(-c3ccccc3)c(-c3ccc(=O)n(Cc4ccc(OC)cc4)n3)c2-c2cccc(O)c2)cc1. The van der Waals surface area contributed by atoms with Crippen LogP contribution in [0, 0.1) is 0 Å². The van der Waals surface area contributed by atoms with E-state index < -0.39 is 0 Å². The monoisotopic (exact) mass is 570 g/mol. The minimum absolute atomic E-state index is 0.138. The lowest BCUT2D eigenvalue weighted by atomic mass is 9.99. The van der Waals surface area contributed by atoms with Gasteiger partial charge in [-0.1, -0.05) is 66.7 Å². The van der Waals surface area contributed by atoms with E-state index in [0.29, 0.717) is 18.8 Å². The zero-order chi connectivity index (χ0) is 29.8. The number of nitrogens with zero attached hydrogens (tertiary/aromatic N) is 4. The second kappa shape index (κ2) is 12.1. The zero-order valence-corrected chi connectivity index (χ0v) is 23.8. The molecule has 0 radical (unpaired) electrons. The number of methoxy groups -OCH3 is 2. The van der Waals surface area contributed by atoms with Crippen LogP contribution in [0.1, 0.15) is 11.1 Å². The minimum Gasteiger partial charge on any atom is -0.508 e. The van der Waals surface area contributed by atoms with Crippen molar-refractivity contribution in [3.05, 3.63) is 137 Å². The molecule has 0 unspecified atom stereocenters. The van der Waals surface area contributed by atoms with Gasteiger partial charge in [0.05, 0.1) is 44.3 Å². The third-order valence-corrected chi connectivity index (χ3v) is 7.22. The van der Waals surface area contributed by atoms with Crippen LogP contribution in [0.4, 0.5) is 0 Å². The van der Waals surface area contributed by atoms with Crippen molar-refractivity contribution in [2.45, 2.75) is 13.1 Å². The Kier molecular flexibility index (Phi) is 7.74. The van der Waals surface area contributed by atoms with Crippen LogP contribution in [0.25, 0.3) is 33.8 Å². The van der Waals surface area contributed by atoms with Crippen molar-refractivity contribution in [1.82, 2.24) is 19.6 Å². The zero-order valence-electron chi connectivity index (χ0n) is 23.8. The average Bonchev–Trinajstić information content (AvgIpc) is 3.42. The summed E-state index contributed by atoms with van der Waals surface area (Å²) in [6, 6.07) is 35.7. The number of rotatable bonds is 9. The van der Waals surface area contributed by atoms with E-state index in [4.69, 9.17) is 19.7 Å². The second-order valence-electron chi connectivity index (χ2n) is 10.1. The van der Waals surface area contributed by atoms with Crippen LogP contribution in [-0.2, 0) is 13.1 Å². The van der Waals surface area contributed by atoms with E-state index in [0.717, 1.165) is 50.7 Å². The molecule has 0 fully saturated rings. The third-order valence-electron chi connectivity index (χ3n) is 7.22. The van der Waals surface area contributed by atoms with Crippen molar-refractivity contribution in [3.8, 4) is 51.0 Å². The fraction of sp³-hybridized carbons (Fsp3) is 0.114. The molecule has 6 aromatic rings. The van der Waals surface area contributed by atoms with Gasteiger partial charge in [-0.25, -0.2) is 4.68 Å². The number of ether oxygens (including phenoxy) is 2. The van der Waals surface area contributed by atoms with E-state index in [1.54, 1.807) is 38.5 Å². The Labute approximate surface area is 249 Å². The molecule has 0 saturated carbocycles. The number of aromatic nitrogens is 4. The van der Waals surface area contributed by atoms with Gasteiger partial charge < -0.3 is 14.6 Å². The summed E-state index contributed by atoms with van der Waals surface area (Å²) in [5.41, 5.74) is 6.23. The molecule has 0 bridgehead atoms. The van der Waals surface area contributed by atoms with Crippen molar-refractivity contribution < 1.29 is 14.6 Å². The summed E-state index contributed by atoms with van der Waals surface area (Å²) in [6.07, 6.45) is 0. The standard InChI is InChI=1S/C35H30N4O4/c1-42-29-15-11-24(12-16-29)22-38-32(41)20-19-31(36-38)33-34(26-7-4-3-5-8-26)37-39(23-25-13-17-30(43-2)18-14-25)35(33)27-9-6-10-28(40)21-27/h3-21,40H,22-23H2,1-2H3. The Morgan fingerprint density at radius 2 is 1.26 bits per heavy atom. The normalized spacial score (nSPS) is 10.9. The third kappa shape index (κ3) is 5.90. The Bertz CT molecular complexity index is 1910. The molecule has 8 heteroatoms. The van der Waals surface area contributed by atoms with Gasteiger partial charge in [-0.15, -0.1) is 0 Å². The van der Waals surface area contributed by atoms with Crippen molar-refractivity contribution >= 4 is 0 Å². The van der Waals surface area contributed by atoms with Crippen LogP contribution in [0.5, 0.6) is 17.2 Å². The highest BCUT2D eigenvalue weighted by Crippen LogP contribution is 2.40. The number of benzene rings is 4. The molecule has 4 aromatic carbocycles. The first kappa shape index (κ1) is 27.5. The number of aromatic hydroxyl groups is 1. The van der Waals surface area contributed by atoms with Gasteiger partial charge in [-0.2, -0.15) is 10.2 Å². The summed E-state index contributed by atoms with van der Waals surface area (Å²) in [7, 11) is 3.26. The summed E-state index contributed by atoms with van der Waals surface area (Å²) >= 11 is 0. The fourth-order valence-electron chi connectivity index (χ4n) is 5.07. The minimum atomic E-state index is -0.217. The van der Waals surface area contributed by atoms with E-state index in [1.165, 1.54) is 10.7 Å². The molecule has 0 atom stereocenters. The van der Waals surface area contributed by atoms with Crippen molar-refractivity contribution in [2.75, 3.05) is 14.2 Å². The molecule has 43 heavy (non-hydrogen) atoms. The Morgan fingerprint density at radius 3 is 1.86 bits per heavy atom. The Hall–Kier alpha value is -5.63. The van der Waals surface area contributed by atoms with Gasteiger partial charge in [0, 0.05) is 17.2 Å². The summed E-state index contributed by atoms with van der Waals surface area (Å²) < 4.78 is 14.0. The van der Waals surface area contributed by atoms with Crippen LogP contribution in [-0.4, -0.2) is 38.9 Å². The number of hydrogen-bond acceptors (Lipinski definition) is 6. The van der Waals surface area contributed by atoms with Gasteiger partial charge >= 0.3 is 0 Å². The van der Waals surface area contributed by atoms with Crippen molar-refractivity contribution in [3.63, 3.8) is 0 Å². The summed E-state index contributed by atoms with van der Waals surface area (Å²) in [6.45, 7) is 0.749. The van der Waals surface area contributed by atoms with Gasteiger partial charge in [0.15, 0.2) is 0 Å². The molecule has 0 spiro atoms. The second-order valence-corrected chi connectivity index (χ2v) is 10.1. The highest BCUT2D eigenvalue weighted by molar-refractivity contribution is 5.90. The molecule has 0 aliphatic heterocycles. The fourth-order valence-corrected chi connectivity index (χ4v) is 5.07. The lowest BCUT2D eigenvalue weighted by molar-refractivity contribution is 0.414. The van der Waals surface area contributed by atoms with E-state index >= 15 is 0 Å². The number of hydrogen-bond donors (Lipinski definition) is 1. The van der Waals surface area contributed by atoms with E-state index in [2.05, 4.69) is 0 Å². The van der Waals surface area contributed by atoms with Crippen LogP contribution >= 0.6 is 0 Å². The van der Waals surface area contributed by atoms with E-state index in [-0.39, 0.29) is 11.3 Å². The number of phenolic OH excluding ortho intramolecular Hbond substituents is 1. The van der Waals surface area contributed by atoms with E-state index in [9.17, 15) is 9.90 Å². The van der Waals surface area contributed by atoms with E-state index in [1.807, 2.05) is 89.6 Å². The molecule has 0 saturated heterocycles. The summed E-state index contributed by atoms with van der Waals surface area (Å²) in [5, 5.41) is 20.4. The summed E-state index contributed by atoms with van der Waals surface area (Å²) in [5.74, 6) is 1.65. The molecule has 2 aromatic heterocycles. The molecule has 214 valence electrons. The first-order valence-electron chi connectivity index (χ1n) is 13.8. The maximum absolute atomic E-state index is 13.0. The predicted molar refractivity (Wildman–Crippen MR) is 166 cm³/mol. The van der Waals surface area contributed by atoms with Crippen molar-refractivity contribution in [2.24, 2.45) is 0 Å². The lowest BCUT2D eigenvalue weighted by Crippen LogP contribution is -2.23. The van der Waals surface area contributed by atoms with Crippen LogP contribution in [0.2, 0.25) is 0 Å². The summed E-state index contributed by atoms with van der Waals surface area (Å²) in [4.78, 5) is 13.0. The highest BCUT2D eigenvalue weighted by atomic mass is 16.5. The van der Waals surface area contributed by atoms with Gasteiger partial charge in [-0.05, 0) is 53.6 Å². The molecule has 0 aliphatic rings. The average molecular weight is 571 g/mol. The molecule has 2 heterocycles. The van der Waals surface area contributed by atoms with Crippen molar-refractivity contribution in [1.29, 1.82) is 0 Å². The van der Waals surface area contributed by atoms with Gasteiger partial charge in [-0.3, -0.25) is 9.48 Å². The van der Waals surface area contributed by atoms with Gasteiger partial charge in [0.1, 0.15) is 22.9 Å². The predicted octanol–water partition coefficient (Wildman–Crippen LogP) is 6.26. The molecule has 1 N–H and O–H groups in total. The van der Waals surface area contributed by atoms with Gasteiger partial charge in [0.2, 0.25) is 0 Å². The highest BCUT2D eigenvalue weighted by Gasteiger charge is 2.24. The molecule has 6 rings (SSSR count). The van der Waals surface area contributed by atoms with Crippen LogP contribution in [0.15, 0.2) is 120 Å². The molecule has 0 amide bonds. The molecule has 8 nitrogen and oxygen atoms in total. The Balaban J connectivity index is 1.55. The maximum atomic E-state index is 13.0. The maximum Gasteiger partial charge on any atom is 0.267 e. The molecular weight excluding hydrogens is 540 g/mol. The lowest BCUT2D eigenvalue weighted by Gasteiger charge is -2.13. The Morgan fingerprint density at radius 1 is 0.651 bits per heavy atom. The molecule has 0 aliphatic carbocycles. The van der Waals surface area contributed by atoms with Crippen LogP contribution < -0.4 is 15.0 Å². The largest absolute Gasteiger partial charge is 0.508 e. The van der Waals surface area contributed by atoms with Gasteiger partial charge in [0.25, 0.3) is 5.56 Å².